The van der Waals surface area contributed by atoms with Crippen molar-refractivity contribution >= 4 is 44.3 Å². The third-order valence-electron chi connectivity index (χ3n) is 5.55. The van der Waals surface area contributed by atoms with Gasteiger partial charge in [-0.25, -0.2) is 14.2 Å². The maximum atomic E-state index is 13.2. The fourth-order valence-corrected chi connectivity index (χ4v) is 4.31. The first-order chi connectivity index (χ1) is 15.6. The van der Waals surface area contributed by atoms with Crippen LogP contribution in [0.1, 0.15) is 10.4 Å². The van der Waals surface area contributed by atoms with Crippen LogP contribution in [-0.4, -0.2) is 69.1 Å². The minimum Gasteiger partial charge on any atom is -0.478 e. The van der Waals surface area contributed by atoms with E-state index in [1.54, 1.807) is 24.3 Å². The topological polar surface area (TPSA) is 106 Å². The molecule has 0 atom stereocenters. The first-order valence-corrected chi connectivity index (χ1v) is 11.7. The normalized spacial score (nSPS) is 14.7. The molecule has 2 heterocycles. The van der Waals surface area contributed by atoms with Gasteiger partial charge >= 0.3 is 16.2 Å². The Kier molecular flexibility index (Phi) is 6.09. The van der Waals surface area contributed by atoms with Gasteiger partial charge in [-0.2, -0.15) is 12.7 Å². The zero-order chi connectivity index (χ0) is 23.8. The number of carboxylic acid groups (broad SMARTS) is 1. The van der Waals surface area contributed by atoms with Gasteiger partial charge in [0.25, 0.3) is 0 Å². The van der Waals surface area contributed by atoms with Crippen molar-refractivity contribution in [2.45, 2.75) is 0 Å². The zero-order valence-corrected chi connectivity index (χ0v) is 19.0. The first kappa shape index (κ1) is 22.7. The molecule has 0 radical (unpaired) electrons. The van der Waals surface area contributed by atoms with Crippen LogP contribution in [0.15, 0.2) is 48.5 Å². The fourth-order valence-electron chi connectivity index (χ4n) is 3.70. The van der Waals surface area contributed by atoms with Gasteiger partial charge in [0, 0.05) is 51.3 Å². The molecular formula is C22H24FN5O4S. The first-order valence-electron chi connectivity index (χ1n) is 10.3. The highest BCUT2D eigenvalue weighted by Crippen LogP contribution is 2.28. The predicted molar refractivity (Wildman–Crippen MR) is 126 cm³/mol. The number of hydrogen-bond acceptors (Lipinski definition) is 6. The molecule has 9 nitrogen and oxygen atoms in total. The predicted octanol–water partition coefficient (Wildman–Crippen LogP) is 2.62. The smallest absolute Gasteiger partial charge is 0.336 e. The molecule has 3 aromatic rings. The van der Waals surface area contributed by atoms with Gasteiger partial charge in [-0.3, -0.25) is 4.72 Å². The molecule has 2 aromatic carbocycles. The molecule has 1 aliphatic heterocycles. The van der Waals surface area contributed by atoms with E-state index >= 15 is 0 Å². The highest BCUT2D eigenvalue weighted by atomic mass is 32.2. The van der Waals surface area contributed by atoms with Crippen LogP contribution in [0.2, 0.25) is 0 Å². The number of carboxylic acids is 1. The van der Waals surface area contributed by atoms with Crippen LogP contribution in [0.3, 0.4) is 0 Å². The summed E-state index contributed by atoms with van der Waals surface area (Å²) >= 11 is 0. The molecule has 1 aromatic heterocycles. The molecule has 174 valence electrons. The number of piperazine rings is 1. The molecule has 0 saturated carbocycles. The second-order valence-electron chi connectivity index (χ2n) is 7.91. The van der Waals surface area contributed by atoms with Crippen molar-refractivity contribution < 1.29 is 22.7 Å². The third-order valence-corrected chi connectivity index (χ3v) is 7.00. The molecule has 0 bridgehead atoms. The van der Waals surface area contributed by atoms with Gasteiger partial charge < -0.3 is 14.9 Å². The lowest BCUT2D eigenvalue weighted by atomic mass is 10.1. The summed E-state index contributed by atoms with van der Waals surface area (Å²) in [4.78, 5) is 20.8. The number of hydrogen-bond donors (Lipinski definition) is 2. The van der Waals surface area contributed by atoms with Crippen LogP contribution in [0.25, 0.3) is 10.9 Å². The summed E-state index contributed by atoms with van der Waals surface area (Å²) in [6.45, 7) is 2.60. The number of fused-ring (bicyclic) bond motifs is 1. The maximum absolute atomic E-state index is 13.2. The van der Waals surface area contributed by atoms with Gasteiger partial charge in [0.1, 0.15) is 11.6 Å². The van der Waals surface area contributed by atoms with E-state index in [-0.39, 0.29) is 17.1 Å². The summed E-state index contributed by atoms with van der Waals surface area (Å²) in [6.07, 6.45) is 0. The Morgan fingerprint density at radius 3 is 2.27 bits per heavy atom. The minimum atomic E-state index is -3.73. The number of rotatable bonds is 6. The quantitative estimate of drug-likeness (QED) is 0.567. The van der Waals surface area contributed by atoms with Crippen LogP contribution in [0.4, 0.5) is 21.6 Å². The minimum absolute atomic E-state index is 0.0434. The highest BCUT2D eigenvalue weighted by Gasteiger charge is 2.22. The SMILES string of the molecule is CN(C)S(=O)(=O)Nc1ccc2nc(N3CCN(c4ccc(F)cc4)CC3)cc(C(=O)O)c2c1. The number of anilines is 3. The molecule has 11 heteroatoms. The van der Waals surface area contributed by atoms with E-state index in [1.807, 2.05) is 4.90 Å². The lowest BCUT2D eigenvalue weighted by molar-refractivity contribution is 0.0699. The Bertz CT molecular complexity index is 1290. The molecule has 1 aliphatic rings. The van der Waals surface area contributed by atoms with Crippen molar-refractivity contribution in [2.75, 3.05) is 54.8 Å². The number of aromatic nitrogens is 1. The van der Waals surface area contributed by atoms with Crippen LogP contribution in [0, 0.1) is 5.82 Å². The van der Waals surface area contributed by atoms with Crippen LogP contribution >= 0.6 is 0 Å². The second-order valence-corrected chi connectivity index (χ2v) is 9.79. The zero-order valence-electron chi connectivity index (χ0n) is 18.2. The molecule has 33 heavy (non-hydrogen) atoms. The molecule has 2 N–H and O–H groups in total. The van der Waals surface area contributed by atoms with Gasteiger partial charge in [0.2, 0.25) is 0 Å². The van der Waals surface area contributed by atoms with Gasteiger partial charge in [-0.05, 0) is 48.5 Å². The molecule has 0 unspecified atom stereocenters. The Balaban J connectivity index is 1.60. The highest BCUT2D eigenvalue weighted by molar-refractivity contribution is 7.90. The monoisotopic (exact) mass is 473 g/mol. The van der Waals surface area contributed by atoms with Crippen LogP contribution < -0.4 is 14.5 Å². The molecule has 4 rings (SSSR count). The summed E-state index contributed by atoms with van der Waals surface area (Å²) in [5, 5.41) is 10.1. The van der Waals surface area contributed by atoms with Crippen LogP contribution in [-0.2, 0) is 10.2 Å². The van der Waals surface area contributed by atoms with Gasteiger partial charge in [-0.15, -0.1) is 0 Å². The number of pyridine rings is 1. The number of benzene rings is 2. The van der Waals surface area contributed by atoms with Gasteiger partial charge in [0.15, 0.2) is 0 Å². The Morgan fingerprint density at radius 1 is 1.03 bits per heavy atom. The van der Waals surface area contributed by atoms with Crippen molar-refractivity contribution in [2.24, 2.45) is 0 Å². The second kappa shape index (κ2) is 8.83. The van der Waals surface area contributed by atoms with Crippen molar-refractivity contribution in [3.8, 4) is 0 Å². The number of carbonyl (C=O) groups is 1. The Morgan fingerprint density at radius 2 is 1.67 bits per heavy atom. The molecular weight excluding hydrogens is 449 g/mol. The maximum Gasteiger partial charge on any atom is 0.336 e. The average molecular weight is 474 g/mol. The van der Waals surface area contributed by atoms with Crippen molar-refractivity contribution in [3.63, 3.8) is 0 Å². The number of halogens is 1. The van der Waals surface area contributed by atoms with Crippen molar-refractivity contribution in [3.05, 3.63) is 59.9 Å². The molecule has 0 amide bonds. The third kappa shape index (κ3) is 4.83. The van der Waals surface area contributed by atoms with E-state index < -0.39 is 16.2 Å². The van der Waals surface area contributed by atoms with E-state index in [4.69, 9.17) is 0 Å². The number of aromatic carboxylic acids is 1. The number of nitrogens with one attached hydrogen (secondary N) is 1. The Labute approximate surface area is 191 Å². The van der Waals surface area contributed by atoms with E-state index in [1.165, 1.54) is 38.4 Å². The molecule has 1 saturated heterocycles. The Hall–Kier alpha value is -3.44. The van der Waals surface area contributed by atoms with Crippen molar-refractivity contribution in [1.82, 2.24) is 9.29 Å². The summed E-state index contributed by atoms with van der Waals surface area (Å²) in [5.41, 5.74) is 1.68. The van der Waals surface area contributed by atoms with Crippen LogP contribution in [0.5, 0.6) is 0 Å². The lowest BCUT2D eigenvalue weighted by Gasteiger charge is -2.37. The summed E-state index contributed by atoms with van der Waals surface area (Å²) in [7, 11) is -0.930. The summed E-state index contributed by atoms with van der Waals surface area (Å²) < 4.78 is 40.9. The lowest BCUT2D eigenvalue weighted by Crippen LogP contribution is -2.46. The van der Waals surface area contributed by atoms with E-state index in [2.05, 4.69) is 14.6 Å². The molecule has 0 spiro atoms. The van der Waals surface area contributed by atoms with E-state index in [0.29, 0.717) is 42.9 Å². The standard InChI is InChI=1S/C22H24FN5O4S/c1-26(2)33(31,32)25-16-5-8-20-18(13-16)19(22(29)30)14-21(24-20)28-11-9-27(10-12-28)17-6-3-15(23)4-7-17/h3-8,13-14,25H,9-12H2,1-2H3,(H,29,30). The average Bonchev–Trinajstić information content (AvgIpc) is 2.78. The van der Waals surface area contributed by atoms with Gasteiger partial charge in [-0.1, -0.05) is 0 Å². The summed E-state index contributed by atoms with van der Waals surface area (Å²) in [6, 6.07) is 12.5. The molecule has 1 fully saturated rings. The molecule has 0 aliphatic carbocycles. The summed E-state index contributed by atoms with van der Waals surface area (Å²) in [5.74, 6) is -0.863. The van der Waals surface area contributed by atoms with Gasteiger partial charge in [0.05, 0.1) is 16.8 Å². The fraction of sp³-hybridized carbons (Fsp3) is 0.273. The van der Waals surface area contributed by atoms with E-state index in [0.717, 1.165) is 9.99 Å². The van der Waals surface area contributed by atoms with Crippen molar-refractivity contribution in [1.29, 1.82) is 0 Å². The van der Waals surface area contributed by atoms with E-state index in [9.17, 15) is 22.7 Å². The number of nitrogens with zero attached hydrogens (tertiary/aromatic N) is 4. The largest absolute Gasteiger partial charge is 0.478 e.